The summed E-state index contributed by atoms with van der Waals surface area (Å²) in [7, 11) is 1.99. The maximum absolute atomic E-state index is 4.81. The van der Waals surface area contributed by atoms with Crippen LogP contribution in [-0.2, 0) is 25.4 Å². The molecule has 7 nitrogen and oxygen atoms in total. The molecule has 1 fully saturated rings. The number of aliphatic imine (C=N–C) groups is 1. The average molecular weight is 440 g/mol. The van der Waals surface area contributed by atoms with Gasteiger partial charge in [0, 0.05) is 26.2 Å². The van der Waals surface area contributed by atoms with E-state index in [1.807, 2.05) is 18.5 Å². The molecule has 0 aliphatic carbocycles. The number of nitrogens with one attached hydrogen (secondary N) is 2. The molecular formula is C25H41N7. The zero-order chi connectivity index (χ0) is 23.1. The van der Waals surface area contributed by atoms with E-state index in [0.717, 1.165) is 43.7 Å². The van der Waals surface area contributed by atoms with E-state index in [9.17, 15) is 0 Å². The Labute approximate surface area is 193 Å². The number of hydrogen-bond donors (Lipinski definition) is 2. The van der Waals surface area contributed by atoms with Crippen LogP contribution in [0.3, 0.4) is 0 Å². The number of hydrogen-bond acceptors (Lipinski definition) is 4. The van der Waals surface area contributed by atoms with Gasteiger partial charge in [-0.25, -0.2) is 4.99 Å². The number of rotatable bonds is 8. The molecule has 2 N–H and O–H groups in total. The molecule has 1 unspecified atom stereocenters. The standard InChI is InChI=1S/C25H41N7/c1-7-32-16-8-9-22(32)17-27-24(28-18-23-30-29-19(2)31(23)6)26-15-14-20-10-12-21(13-11-20)25(3,4)5/h10-13,22H,7-9,14-18H2,1-6H3,(H2,26,27,28). The van der Waals surface area contributed by atoms with Crippen molar-refractivity contribution < 1.29 is 0 Å². The smallest absolute Gasteiger partial charge is 0.191 e. The predicted octanol–water partition coefficient (Wildman–Crippen LogP) is 3.18. The van der Waals surface area contributed by atoms with Crippen LogP contribution in [0.2, 0.25) is 0 Å². The highest BCUT2D eigenvalue weighted by atomic mass is 15.3. The van der Waals surface area contributed by atoms with Gasteiger partial charge in [-0.1, -0.05) is 52.0 Å². The molecule has 32 heavy (non-hydrogen) atoms. The maximum Gasteiger partial charge on any atom is 0.191 e. The third-order valence-corrected chi connectivity index (χ3v) is 6.50. The molecule has 0 bridgehead atoms. The van der Waals surface area contributed by atoms with Crippen molar-refractivity contribution in [3.63, 3.8) is 0 Å². The first kappa shape index (κ1) is 24.2. The molecule has 2 aromatic rings. The molecule has 0 radical (unpaired) electrons. The van der Waals surface area contributed by atoms with E-state index in [1.54, 1.807) is 0 Å². The van der Waals surface area contributed by atoms with Crippen molar-refractivity contribution in [1.82, 2.24) is 30.3 Å². The number of aryl methyl sites for hydroxylation is 1. The Morgan fingerprint density at radius 2 is 1.91 bits per heavy atom. The topological polar surface area (TPSA) is 70.4 Å². The highest BCUT2D eigenvalue weighted by molar-refractivity contribution is 5.79. The minimum Gasteiger partial charge on any atom is -0.356 e. The van der Waals surface area contributed by atoms with Crippen molar-refractivity contribution >= 4 is 5.96 Å². The van der Waals surface area contributed by atoms with Crippen LogP contribution in [0.15, 0.2) is 29.3 Å². The normalized spacial score (nSPS) is 17.7. The van der Waals surface area contributed by atoms with Crippen LogP contribution >= 0.6 is 0 Å². The Morgan fingerprint density at radius 1 is 1.16 bits per heavy atom. The van der Waals surface area contributed by atoms with Crippen molar-refractivity contribution in [2.75, 3.05) is 26.2 Å². The molecule has 1 aliphatic heterocycles. The minimum atomic E-state index is 0.186. The molecule has 7 heteroatoms. The van der Waals surface area contributed by atoms with Crippen LogP contribution in [0.1, 0.15) is 63.3 Å². The third kappa shape index (κ3) is 6.55. The van der Waals surface area contributed by atoms with Gasteiger partial charge in [0.2, 0.25) is 0 Å². The number of guanidine groups is 1. The molecule has 0 spiro atoms. The first-order valence-corrected chi connectivity index (χ1v) is 12.0. The molecule has 1 aromatic heterocycles. The lowest BCUT2D eigenvalue weighted by atomic mass is 9.86. The maximum atomic E-state index is 4.81. The van der Waals surface area contributed by atoms with Gasteiger partial charge >= 0.3 is 0 Å². The lowest BCUT2D eigenvalue weighted by molar-refractivity contribution is 0.267. The van der Waals surface area contributed by atoms with Crippen molar-refractivity contribution in [3.8, 4) is 0 Å². The van der Waals surface area contributed by atoms with Crippen molar-refractivity contribution in [1.29, 1.82) is 0 Å². The van der Waals surface area contributed by atoms with Crippen LogP contribution in [-0.4, -0.2) is 57.8 Å². The fraction of sp³-hybridized carbons (Fsp3) is 0.640. The fourth-order valence-corrected chi connectivity index (χ4v) is 4.17. The SMILES string of the molecule is CCN1CCCC1CNC(=NCc1nnc(C)n1C)NCCc1ccc(C(C)(C)C)cc1. The second-order valence-corrected chi connectivity index (χ2v) is 9.82. The Morgan fingerprint density at radius 3 is 2.53 bits per heavy atom. The summed E-state index contributed by atoms with van der Waals surface area (Å²) >= 11 is 0. The van der Waals surface area contributed by atoms with Crippen LogP contribution in [0.4, 0.5) is 0 Å². The van der Waals surface area contributed by atoms with Crippen molar-refractivity contribution in [2.45, 2.75) is 71.9 Å². The van der Waals surface area contributed by atoms with E-state index in [0.29, 0.717) is 12.6 Å². The third-order valence-electron chi connectivity index (χ3n) is 6.50. The summed E-state index contributed by atoms with van der Waals surface area (Å²) in [6.45, 7) is 15.5. The van der Waals surface area contributed by atoms with Gasteiger partial charge in [0.25, 0.3) is 0 Å². The fourth-order valence-electron chi connectivity index (χ4n) is 4.17. The van der Waals surface area contributed by atoms with E-state index in [2.05, 4.69) is 77.7 Å². The molecule has 3 rings (SSSR count). The lowest BCUT2D eigenvalue weighted by Crippen LogP contribution is -2.45. The van der Waals surface area contributed by atoms with Gasteiger partial charge in [-0.15, -0.1) is 10.2 Å². The molecular weight excluding hydrogens is 398 g/mol. The van der Waals surface area contributed by atoms with E-state index in [1.165, 1.54) is 30.5 Å². The Bertz CT molecular complexity index is 877. The van der Waals surface area contributed by atoms with Crippen molar-refractivity contribution in [3.05, 3.63) is 47.0 Å². The molecule has 1 atom stereocenters. The molecule has 2 heterocycles. The van der Waals surface area contributed by atoms with Crippen LogP contribution in [0.5, 0.6) is 0 Å². The molecule has 0 saturated carbocycles. The van der Waals surface area contributed by atoms with Gasteiger partial charge in [0.15, 0.2) is 11.8 Å². The van der Waals surface area contributed by atoms with Gasteiger partial charge in [-0.05, 0) is 55.8 Å². The molecule has 176 valence electrons. The molecule has 1 aromatic carbocycles. The zero-order valence-corrected chi connectivity index (χ0v) is 20.8. The Balaban J connectivity index is 1.59. The summed E-state index contributed by atoms with van der Waals surface area (Å²) in [6, 6.07) is 9.56. The van der Waals surface area contributed by atoms with Crippen LogP contribution < -0.4 is 10.6 Å². The van der Waals surface area contributed by atoms with E-state index in [-0.39, 0.29) is 5.41 Å². The van der Waals surface area contributed by atoms with Gasteiger partial charge in [0.1, 0.15) is 12.4 Å². The van der Waals surface area contributed by atoms with Crippen LogP contribution in [0, 0.1) is 6.92 Å². The summed E-state index contributed by atoms with van der Waals surface area (Å²) in [5.74, 6) is 2.62. The first-order chi connectivity index (χ1) is 15.3. The lowest BCUT2D eigenvalue weighted by Gasteiger charge is -2.24. The summed E-state index contributed by atoms with van der Waals surface area (Å²) in [5, 5.41) is 15.5. The quantitative estimate of drug-likeness (QED) is 0.488. The Hall–Kier alpha value is -2.41. The van der Waals surface area contributed by atoms with Gasteiger partial charge < -0.3 is 15.2 Å². The monoisotopic (exact) mass is 439 g/mol. The first-order valence-electron chi connectivity index (χ1n) is 12.0. The number of likely N-dealkylation sites (tertiary alicyclic amines) is 1. The number of nitrogens with zero attached hydrogens (tertiary/aromatic N) is 5. The second-order valence-electron chi connectivity index (χ2n) is 9.82. The van der Waals surface area contributed by atoms with Gasteiger partial charge in [0.05, 0.1) is 0 Å². The predicted molar refractivity (Wildman–Crippen MR) is 132 cm³/mol. The molecule has 1 saturated heterocycles. The largest absolute Gasteiger partial charge is 0.356 e. The number of likely N-dealkylation sites (N-methyl/N-ethyl adjacent to an activating group) is 1. The van der Waals surface area contributed by atoms with Gasteiger partial charge in [-0.3, -0.25) is 4.90 Å². The summed E-state index contributed by atoms with van der Waals surface area (Å²) in [5.41, 5.74) is 2.89. The average Bonchev–Trinajstić information content (AvgIpc) is 3.35. The second kappa shape index (κ2) is 10.9. The summed E-state index contributed by atoms with van der Waals surface area (Å²) < 4.78 is 1.99. The summed E-state index contributed by atoms with van der Waals surface area (Å²) in [6.07, 6.45) is 3.48. The van der Waals surface area contributed by atoms with E-state index < -0.39 is 0 Å². The zero-order valence-electron chi connectivity index (χ0n) is 20.8. The van der Waals surface area contributed by atoms with Gasteiger partial charge in [-0.2, -0.15) is 0 Å². The number of benzene rings is 1. The van der Waals surface area contributed by atoms with E-state index >= 15 is 0 Å². The molecule has 0 amide bonds. The van der Waals surface area contributed by atoms with E-state index in [4.69, 9.17) is 4.99 Å². The molecule has 1 aliphatic rings. The number of aromatic nitrogens is 3. The van der Waals surface area contributed by atoms with Crippen molar-refractivity contribution in [2.24, 2.45) is 12.0 Å². The minimum absolute atomic E-state index is 0.186. The summed E-state index contributed by atoms with van der Waals surface area (Å²) in [4.78, 5) is 7.36. The Kier molecular flexibility index (Phi) is 8.29. The highest BCUT2D eigenvalue weighted by Gasteiger charge is 2.22. The van der Waals surface area contributed by atoms with Crippen LogP contribution in [0.25, 0.3) is 0 Å². The highest BCUT2D eigenvalue weighted by Crippen LogP contribution is 2.22.